The molecular weight excluding hydrogens is 184 g/mol. The van der Waals surface area contributed by atoms with Crippen LogP contribution in [0.2, 0.25) is 5.02 Å². The minimum atomic E-state index is 0.0993. The molecule has 1 atom stereocenters. The van der Waals surface area contributed by atoms with Crippen LogP contribution in [-0.2, 0) is 4.74 Å². The fraction of sp³-hybridized carbons (Fsp3) is 0.364. The average molecular weight is 198 g/mol. The van der Waals surface area contributed by atoms with Crippen molar-refractivity contribution in [3.63, 3.8) is 0 Å². The van der Waals surface area contributed by atoms with Gasteiger partial charge in [0.25, 0.3) is 0 Å². The Morgan fingerprint density at radius 2 is 2.00 bits per heavy atom. The normalized spacial score (nSPS) is 12.8. The van der Waals surface area contributed by atoms with Gasteiger partial charge in [0.05, 0.1) is 6.10 Å². The van der Waals surface area contributed by atoms with E-state index in [4.69, 9.17) is 16.3 Å². The molecule has 1 radical (unpaired) electrons. The smallest absolute Gasteiger partial charge is 0.0824 e. The first-order valence-electron chi connectivity index (χ1n) is 4.44. The van der Waals surface area contributed by atoms with E-state index in [1.54, 1.807) is 0 Å². The summed E-state index contributed by atoms with van der Waals surface area (Å²) >= 11 is 5.78. The lowest BCUT2D eigenvalue weighted by Gasteiger charge is -2.14. The molecule has 0 saturated carbocycles. The van der Waals surface area contributed by atoms with Gasteiger partial charge in [-0.05, 0) is 31.0 Å². The van der Waals surface area contributed by atoms with Crippen LogP contribution in [0.25, 0.3) is 0 Å². The Morgan fingerprint density at radius 1 is 1.38 bits per heavy atom. The maximum absolute atomic E-state index is 5.78. The Balaban J connectivity index is 2.73. The Labute approximate surface area is 84.7 Å². The van der Waals surface area contributed by atoms with E-state index in [2.05, 4.69) is 6.92 Å². The molecule has 0 bridgehead atoms. The van der Waals surface area contributed by atoms with Gasteiger partial charge in [-0.1, -0.05) is 30.7 Å². The van der Waals surface area contributed by atoms with Gasteiger partial charge in [-0.25, -0.2) is 0 Å². The number of hydrogen-bond donors (Lipinski definition) is 0. The number of benzene rings is 1. The number of halogens is 1. The lowest BCUT2D eigenvalue weighted by Crippen LogP contribution is -2.02. The molecule has 0 N–H and O–H groups in total. The monoisotopic (exact) mass is 197 g/mol. The summed E-state index contributed by atoms with van der Waals surface area (Å²) in [5.74, 6) is 0. The third-order valence-electron chi connectivity index (χ3n) is 1.87. The van der Waals surface area contributed by atoms with E-state index < -0.39 is 0 Å². The first-order chi connectivity index (χ1) is 6.27. The molecule has 0 aliphatic heterocycles. The van der Waals surface area contributed by atoms with Gasteiger partial charge in [-0.15, -0.1) is 0 Å². The number of ether oxygens (including phenoxy) is 1. The second-order valence-corrected chi connectivity index (χ2v) is 3.22. The van der Waals surface area contributed by atoms with Crippen molar-refractivity contribution in [3.05, 3.63) is 41.8 Å². The highest BCUT2D eigenvalue weighted by Crippen LogP contribution is 2.22. The molecule has 0 saturated heterocycles. The van der Waals surface area contributed by atoms with Crippen molar-refractivity contribution in [2.24, 2.45) is 0 Å². The largest absolute Gasteiger partial charge is 0.374 e. The highest BCUT2D eigenvalue weighted by atomic mass is 35.5. The molecule has 1 aromatic rings. The van der Waals surface area contributed by atoms with Crippen LogP contribution < -0.4 is 0 Å². The Bertz CT molecular complexity index is 243. The summed E-state index contributed by atoms with van der Waals surface area (Å²) in [5, 5.41) is 0.753. The Morgan fingerprint density at radius 3 is 2.46 bits per heavy atom. The van der Waals surface area contributed by atoms with Gasteiger partial charge in [-0.2, -0.15) is 0 Å². The zero-order valence-corrected chi connectivity index (χ0v) is 8.55. The molecule has 1 rings (SSSR count). The molecule has 71 valence electrons. The topological polar surface area (TPSA) is 9.23 Å². The van der Waals surface area contributed by atoms with Crippen molar-refractivity contribution in [2.75, 3.05) is 6.61 Å². The Kier molecular flexibility index (Phi) is 4.26. The van der Waals surface area contributed by atoms with E-state index in [0.717, 1.165) is 17.0 Å². The van der Waals surface area contributed by atoms with Crippen molar-refractivity contribution < 1.29 is 4.74 Å². The Hall–Kier alpha value is -0.530. The van der Waals surface area contributed by atoms with E-state index in [1.165, 1.54) is 0 Å². The quantitative estimate of drug-likeness (QED) is 0.716. The van der Waals surface area contributed by atoms with E-state index >= 15 is 0 Å². The van der Waals surface area contributed by atoms with Crippen molar-refractivity contribution in [1.82, 2.24) is 0 Å². The van der Waals surface area contributed by atoms with Gasteiger partial charge < -0.3 is 4.74 Å². The zero-order valence-electron chi connectivity index (χ0n) is 7.79. The fourth-order valence-corrected chi connectivity index (χ4v) is 1.35. The molecule has 0 amide bonds. The highest BCUT2D eigenvalue weighted by molar-refractivity contribution is 6.30. The maximum Gasteiger partial charge on any atom is 0.0824 e. The molecule has 1 aromatic carbocycles. The second-order valence-electron chi connectivity index (χ2n) is 2.78. The minimum Gasteiger partial charge on any atom is -0.374 e. The van der Waals surface area contributed by atoms with Gasteiger partial charge in [0, 0.05) is 11.6 Å². The molecule has 2 heteroatoms. The third kappa shape index (κ3) is 3.02. The summed E-state index contributed by atoms with van der Waals surface area (Å²) < 4.78 is 5.51. The van der Waals surface area contributed by atoms with Crippen molar-refractivity contribution in [2.45, 2.75) is 19.4 Å². The molecule has 0 aromatic heterocycles. The van der Waals surface area contributed by atoms with Gasteiger partial charge in [0.1, 0.15) is 0 Å². The molecule has 0 heterocycles. The van der Waals surface area contributed by atoms with Crippen LogP contribution >= 0.6 is 11.6 Å². The SMILES string of the molecule is [CH2]CC(OCC)c1ccc(Cl)cc1. The number of rotatable bonds is 4. The van der Waals surface area contributed by atoms with Gasteiger partial charge in [0.15, 0.2) is 0 Å². The van der Waals surface area contributed by atoms with E-state index in [-0.39, 0.29) is 6.10 Å². The van der Waals surface area contributed by atoms with Crippen LogP contribution in [0.5, 0.6) is 0 Å². The van der Waals surface area contributed by atoms with Crippen LogP contribution in [0.1, 0.15) is 25.0 Å². The molecule has 0 fully saturated rings. The summed E-state index contributed by atoms with van der Waals surface area (Å²) in [6.07, 6.45) is 0.845. The lowest BCUT2D eigenvalue weighted by molar-refractivity contribution is 0.0643. The van der Waals surface area contributed by atoms with Gasteiger partial charge in [0.2, 0.25) is 0 Å². The third-order valence-corrected chi connectivity index (χ3v) is 2.12. The summed E-state index contributed by atoms with van der Waals surface area (Å²) in [4.78, 5) is 0. The van der Waals surface area contributed by atoms with Crippen molar-refractivity contribution >= 4 is 11.6 Å². The zero-order chi connectivity index (χ0) is 9.68. The van der Waals surface area contributed by atoms with Crippen LogP contribution in [0.3, 0.4) is 0 Å². The highest BCUT2D eigenvalue weighted by Gasteiger charge is 2.07. The first kappa shape index (κ1) is 10.6. The number of hydrogen-bond acceptors (Lipinski definition) is 1. The summed E-state index contributed by atoms with van der Waals surface area (Å²) in [6.45, 7) is 6.54. The van der Waals surface area contributed by atoms with Gasteiger partial charge >= 0.3 is 0 Å². The first-order valence-corrected chi connectivity index (χ1v) is 4.82. The fourth-order valence-electron chi connectivity index (χ4n) is 1.22. The summed E-state index contributed by atoms with van der Waals surface area (Å²) in [5.41, 5.74) is 1.14. The second kappa shape index (κ2) is 5.25. The predicted octanol–water partition coefficient (Wildman–Crippen LogP) is 3.64. The lowest BCUT2D eigenvalue weighted by atomic mass is 10.1. The van der Waals surface area contributed by atoms with Crippen LogP contribution in [-0.4, -0.2) is 6.61 Å². The van der Waals surface area contributed by atoms with Crippen LogP contribution in [0, 0.1) is 6.92 Å². The van der Waals surface area contributed by atoms with Crippen molar-refractivity contribution in [1.29, 1.82) is 0 Å². The molecule has 13 heavy (non-hydrogen) atoms. The molecule has 0 aliphatic carbocycles. The van der Waals surface area contributed by atoms with E-state index in [0.29, 0.717) is 6.61 Å². The predicted molar refractivity (Wildman–Crippen MR) is 55.8 cm³/mol. The molecular formula is C11H14ClO. The molecule has 1 unspecified atom stereocenters. The average Bonchev–Trinajstić information content (AvgIpc) is 2.16. The van der Waals surface area contributed by atoms with E-state index in [1.807, 2.05) is 31.2 Å². The van der Waals surface area contributed by atoms with Crippen LogP contribution in [0.4, 0.5) is 0 Å². The van der Waals surface area contributed by atoms with Crippen LogP contribution in [0.15, 0.2) is 24.3 Å². The maximum atomic E-state index is 5.78. The molecule has 0 aliphatic rings. The minimum absolute atomic E-state index is 0.0993. The summed E-state index contributed by atoms with van der Waals surface area (Å²) in [7, 11) is 0. The molecule has 0 spiro atoms. The summed E-state index contributed by atoms with van der Waals surface area (Å²) in [6, 6.07) is 7.71. The van der Waals surface area contributed by atoms with Gasteiger partial charge in [-0.3, -0.25) is 0 Å². The molecule has 1 nitrogen and oxygen atoms in total. The van der Waals surface area contributed by atoms with E-state index in [9.17, 15) is 0 Å². The standard InChI is InChI=1S/C11H14ClO/c1-3-11(13-4-2)9-5-7-10(12)8-6-9/h5-8,11H,1,3-4H2,2H3. The van der Waals surface area contributed by atoms with Crippen molar-refractivity contribution in [3.8, 4) is 0 Å².